The molecule has 1 aromatic carbocycles. The third kappa shape index (κ3) is 3.76. The lowest BCUT2D eigenvalue weighted by Crippen LogP contribution is -2.29. The van der Waals surface area contributed by atoms with E-state index in [1.54, 1.807) is 0 Å². The fourth-order valence-corrected chi connectivity index (χ4v) is 1.89. The van der Waals surface area contributed by atoms with Crippen LogP contribution in [-0.2, 0) is 9.53 Å². The molecule has 3 nitrogen and oxygen atoms in total. The quantitative estimate of drug-likeness (QED) is 0.815. The molecule has 100 valence electrons. The molecule has 0 spiro atoms. The van der Waals surface area contributed by atoms with Crippen molar-refractivity contribution in [3.63, 3.8) is 0 Å². The first-order valence-corrected chi connectivity index (χ1v) is 6.34. The van der Waals surface area contributed by atoms with Crippen LogP contribution in [0, 0.1) is 25.7 Å². The van der Waals surface area contributed by atoms with Crippen molar-refractivity contribution in [3.8, 4) is 0 Å². The number of hydrogen-bond donors (Lipinski definition) is 1. The zero-order chi connectivity index (χ0) is 13.7. The standard InChI is InChI=1S/C15H23NO2/c1-10(2)13(15(17)18-5)9-16-14-8-11(3)6-7-12(14)4/h6-8,10,13,16H,9H2,1-5H3. The second kappa shape index (κ2) is 6.43. The number of anilines is 1. The number of rotatable bonds is 5. The van der Waals surface area contributed by atoms with E-state index in [0.717, 1.165) is 5.69 Å². The first-order chi connectivity index (χ1) is 8.45. The molecular weight excluding hydrogens is 226 g/mol. The Balaban J connectivity index is 2.73. The van der Waals surface area contributed by atoms with Crippen LogP contribution in [0.3, 0.4) is 0 Å². The first kappa shape index (κ1) is 14.6. The number of carbonyl (C=O) groups excluding carboxylic acids is 1. The Bertz CT molecular complexity index is 413. The number of aryl methyl sites for hydroxylation is 2. The van der Waals surface area contributed by atoms with Crippen LogP contribution in [0.1, 0.15) is 25.0 Å². The van der Waals surface area contributed by atoms with E-state index in [4.69, 9.17) is 4.74 Å². The van der Waals surface area contributed by atoms with Crippen LogP contribution in [-0.4, -0.2) is 19.6 Å². The van der Waals surface area contributed by atoms with Crippen molar-refractivity contribution in [3.05, 3.63) is 29.3 Å². The molecule has 0 heterocycles. The second-order valence-electron chi connectivity index (χ2n) is 5.07. The van der Waals surface area contributed by atoms with E-state index in [0.29, 0.717) is 6.54 Å². The maximum absolute atomic E-state index is 11.7. The van der Waals surface area contributed by atoms with Crippen LogP contribution >= 0.6 is 0 Å². The van der Waals surface area contributed by atoms with Crippen LogP contribution in [0.15, 0.2) is 18.2 Å². The summed E-state index contributed by atoms with van der Waals surface area (Å²) in [6.45, 7) is 8.79. The van der Waals surface area contributed by atoms with Crippen molar-refractivity contribution in [2.24, 2.45) is 11.8 Å². The van der Waals surface area contributed by atoms with Gasteiger partial charge < -0.3 is 10.1 Å². The van der Waals surface area contributed by atoms with Gasteiger partial charge in [-0.15, -0.1) is 0 Å². The maximum Gasteiger partial charge on any atom is 0.310 e. The topological polar surface area (TPSA) is 38.3 Å². The Morgan fingerprint density at radius 3 is 2.56 bits per heavy atom. The number of nitrogens with one attached hydrogen (secondary N) is 1. The van der Waals surface area contributed by atoms with Gasteiger partial charge in [0.25, 0.3) is 0 Å². The molecule has 1 aromatic rings. The summed E-state index contributed by atoms with van der Waals surface area (Å²) in [5.74, 6) is -0.00668. The van der Waals surface area contributed by atoms with Crippen LogP contribution in [0.4, 0.5) is 5.69 Å². The smallest absolute Gasteiger partial charge is 0.310 e. The lowest BCUT2D eigenvalue weighted by molar-refractivity contribution is -0.146. The predicted octanol–water partition coefficient (Wildman–Crippen LogP) is 3.16. The summed E-state index contributed by atoms with van der Waals surface area (Å²) < 4.78 is 4.84. The molecule has 0 saturated carbocycles. The van der Waals surface area contributed by atoms with Crippen LogP contribution in [0.25, 0.3) is 0 Å². The molecule has 0 aromatic heterocycles. The van der Waals surface area contributed by atoms with Crippen LogP contribution in [0.2, 0.25) is 0 Å². The number of esters is 1. The first-order valence-electron chi connectivity index (χ1n) is 6.34. The van der Waals surface area contributed by atoms with Gasteiger partial charge in [-0.2, -0.15) is 0 Å². The molecule has 0 aliphatic carbocycles. The van der Waals surface area contributed by atoms with Gasteiger partial charge in [-0.25, -0.2) is 0 Å². The zero-order valence-corrected chi connectivity index (χ0v) is 11.9. The zero-order valence-electron chi connectivity index (χ0n) is 11.9. The molecule has 0 radical (unpaired) electrons. The second-order valence-corrected chi connectivity index (χ2v) is 5.07. The highest BCUT2D eigenvalue weighted by Crippen LogP contribution is 2.19. The Kier molecular flexibility index (Phi) is 5.20. The number of hydrogen-bond acceptors (Lipinski definition) is 3. The highest BCUT2D eigenvalue weighted by atomic mass is 16.5. The van der Waals surface area contributed by atoms with Crippen molar-refractivity contribution in [2.75, 3.05) is 19.0 Å². The van der Waals surface area contributed by atoms with Gasteiger partial charge in [-0.3, -0.25) is 4.79 Å². The summed E-state index contributed by atoms with van der Waals surface area (Å²) in [5, 5.41) is 3.35. The lowest BCUT2D eigenvalue weighted by atomic mass is 9.95. The highest BCUT2D eigenvalue weighted by molar-refractivity contribution is 5.73. The third-order valence-corrected chi connectivity index (χ3v) is 3.21. The van der Waals surface area contributed by atoms with Crippen LogP contribution < -0.4 is 5.32 Å². The van der Waals surface area contributed by atoms with Crippen molar-refractivity contribution in [2.45, 2.75) is 27.7 Å². The molecule has 0 amide bonds. The maximum atomic E-state index is 11.7. The van der Waals surface area contributed by atoms with Crippen molar-refractivity contribution in [1.82, 2.24) is 0 Å². The van der Waals surface area contributed by atoms with Gasteiger partial charge >= 0.3 is 5.97 Å². The van der Waals surface area contributed by atoms with E-state index in [1.165, 1.54) is 18.2 Å². The van der Waals surface area contributed by atoms with Crippen molar-refractivity contribution >= 4 is 11.7 Å². The number of carbonyl (C=O) groups is 1. The third-order valence-electron chi connectivity index (χ3n) is 3.21. The van der Waals surface area contributed by atoms with Crippen molar-refractivity contribution in [1.29, 1.82) is 0 Å². The minimum atomic E-state index is -0.150. The Labute approximate surface area is 110 Å². The van der Waals surface area contributed by atoms with E-state index in [9.17, 15) is 4.79 Å². The molecule has 18 heavy (non-hydrogen) atoms. The molecule has 1 N–H and O–H groups in total. The molecule has 1 atom stereocenters. The van der Waals surface area contributed by atoms with E-state index >= 15 is 0 Å². The van der Waals surface area contributed by atoms with E-state index in [-0.39, 0.29) is 17.8 Å². The van der Waals surface area contributed by atoms with Gasteiger partial charge in [0.2, 0.25) is 0 Å². The fraction of sp³-hybridized carbons (Fsp3) is 0.533. The molecule has 0 aliphatic heterocycles. The van der Waals surface area contributed by atoms with E-state index in [2.05, 4.69) is 37.4 Å². The largest absolute Gasteiger partial charge is 0.469 e. The fourth-order valence-electron chi connectivity index (χ4n) is 1.89. The summed E-state index contributed by atoms with van der Waals surface area (Å²) in [5.41, 5.74) is 3.49. The van der Waals surface area contributed by atoms with Crippen molar-refractivity contribution < 1.29 is 9.53 Å². The average Bonchev–Trinajstić information content (AvgIpc) is 2.32. The normalized spacial score (nSPS) is 12.3. The number of ether oxygens (including phenoxy) is 1. The SMILES string of the molecule is COC(=O)C(CNc1cc(C)ccc1C)C(C)C. The molecule has 1 unspecified atom stereocenters. The number of benzene rings is 1. The summed E-state index contributed by atoms with van der Waals surface area (Å²) in [7, 11) is 1.44. The molecular formula is C15H23NO2. The summed E-state index contributed by atoms with van der Waals surface area (Å²) in [6, 6.07) is 6.27. The minimum Gasteiger partial charge on any atom is -0.469 e. The lowest BCUT2D eigenvalue weighted by Gasteiger charge is -2.20. The molecule has 3 heteroatoms. The van der Waals surface area contributed by atoms with Gasteiger partial charge in [0, 0.05) is 12.2 Å². The monoisotopic (exact) mass is 249 g/mol. The van der Waals surface area contributed by atoms with E-state index < -0.39 is 0 Å². The Hall–Kier alpha value is -1.51. The summed E-state index contributed by atoms with van der Waals surface area (Å²) >= 11 is 0. The predicted molar refractivity (Wildman–Crippen MR) is 74.7 cm³/mol. The summed E-state index contributed by atoms with van der Waals surface area (Å²) in [6.07, 6.45) is 0. The molecule has 0 aliphatic rings. The Morgan fingerprint density at radius 2 is 2.00 bits per heavy atom. The highest BCUT2D eigenvalue weighted by Gasteiger charge is 2.22. The molecule has 1 rings (SSSR count). The summed E-state index contributed by atoms with van der Waals surface area (Å²) in [4.78, 5) is 11.7. The van der Waals surface area contributed by atoms with Gasteiger partial charge in [0.05, 0.1) is 13.0 Å². The van der Waals surface area contributed by atoms with E-state index in [1.807, 2.05) is 13.8 Å². The van der Waals surface area contributed by atoms with Gasteiger partial charge in [0.15, 0.2) is 0 Å². The number of methoxy groups -OCH3 is 1. The van der Waals surface area contributed by atoms with Crippen LogP contribution in [0.5, 0.6) is 0 Å². The Morgan fingerprint density at radius 1 is 1.33 bits per heavy atom. The molecule has 0 bridgehead atoms. The molecule has 0 saturated heterocycles. The van der Waals surface area contributed by atoms with Gasteiger partial charge in [-0.05, 0) is 37.0 Å². The average molecular weight is 249 g/mol. The van der Waals surface area contributed by atoms with Gasteiger partial charge in [0.1, 0.15) is 0 Å². The van der Waals surface area contributed by atoms with Gasteiger partial charge in [-0.1, -0.05) is 26.0 Å². The minimum absolute atomic E-state index is 0.116. The molecule has 0 fully saturated rings.